The van der Waals surface area contributed by atoms with Gasteiger partial charge in [-0.05, 0) is 50.1 Å². The van der Waals surface area contributed by atoms with Gasteiger partial charge in [-0.25, -0.2) is 13.6 Å². The van der Waals surface area contributed by atoms with Gasteiger partial charge in [-0.1, -0.05) is 6.07 Å². The lowest BCUT2D eigenvalue weighted by atomic mass is 10.0. The Hall–Kier alpha value is -3.48. The number of hydrogen-bond acceptors (Lipinski definition) is 3. The van der Waals surface area contributed by atoms with Crippen LogP contribution in [0.2, 0.25) is 0 Å². The van der Waals surface area contributed by atoms with Gasteiger partial charge in [0.15, 0.2) is 0 Å². The van der Waals surface area contributed by atoms with E-state index in [1.165, 1.54) is 22.8 Å². The van der Waals surface area contributed by atoms with E-state index in [9.17, 15) is 23.5 Å². The van der Waals surface area contributed by atoms with Gasteiger partial charge in [0.1, 0.15) is 24.0 Å². The zero-order valence-electron chi connectivity index (χ0n) is 16.1. The van der Waals surface area contributed by atoms with E-state index in [2.05, 4.69) is 0 Å². The van der Waals surface area contributed by atoms with E-state index in [4.69, 9.17) is 4.74 Å². The maximum Gasteiger partial charge on any atom is 0.336 e. The van der Waals surface area contributed by atoms with Crippen LogP contribution in [-0.4, -0.2) is 15.6 Å². The minimum atomic E-state index is -1.07. The standard InChI is InChI=1S/C22H19F2NO4/c1-12-4-7-18(22(27)28)14(3)21(12)25-13(2)8-17(10-20(25)26)29-11-15-5-6-16(23)9-19(15)24/h4-10H,11H2,1-3H3,(H,27,28). The molecule has 29 heavy (non-hydrogen) atoms. The van der Waals surface area contributed by atoms with Crippen molar-refractivity contribution in [2.75, 3.05) is 0 Å². The molecule has 0 saturated heterocycles. The first-order valence-corrected chi connectivity index (χ1v) is 8.83. The molecule has 0 spiro atoms. The average molecular weight is 399 g/mol. The highest BCUT2D eigenvalue weighted by molar-refractivity contribution is 5.90. The summed E-state index contributed by atoms with van der Waals surface area (Å²) in [6, 6.07) is 9.19. The fourth-order valence-electron chi connectivity index (χ4n) is 3.25. The van der Waals surface area contributed by atoms with E-state index in [0.717, 1.165) is 17.7 Å². The molecule has 1 aromatic heterocycles. The predicted molar refractivity (Wildman–Crippen MR) is 104 cm³/mol. The zero-order chi connectivity index (χ0) is 21.3. The number of carboxylic acid groups (broad SMARTS) is 1. The Morgan fingerprint density at radius 1 is 1.07 bits per heavy atom. The molecule has 1 N–H and O–H groups in total. The SMILES string of the molecule is Cc1ccc(C(=O)O)c(C)c1-n1c(C)cc(OCc2ccc(F)cc2F)cc1=O. The summed E-state index contributed by atoms with van der Waals surface area (Å²) < 4.78 is 33.7. The highest BCUT2D eigenvalue weighted by Gasteiger charge is 2.17. The lowest BCUT2D eigenvalue weighted by Gasteiger charge is -2.18. The molecule has 2 aromatic carbocycles. The Kier molecular flexibility index (Phi) is 5.50. The van der Waals surface area contributed by atoms with Crippen molar-refractivity contribution in [2.45, 2.75) is 27.4 Å². The maximum absolute atomic E-state index is 13.8. The van der Waals surface area contributed by atoms with E-state index in [1.807, 2.05) is 0 Å². The molecule has 1 heterocycles. The van der Waals surface area contributed by atoms with Gasteiger partial charge in [-0.2, -0.15) is 0 Å². The van der Waals surface area contributed by atoms with Crippen molar-refractivity contribution in [3.8, 4) is 11.4 Å². The summed E-state index contributed by atoms with van der Waals surface area (Å²) in [4.78, 5) is 24.2. The molecular weight excluding hydrogens is 380 g/mol. The summed E-state index contributed by atoms with van der Waals surface area (Å²) in [5.74, 6) is -2.25. The van der Waals surface area contributed by atoms with Crippen LogP contribution < -0.4 is 10.3 Å². The van der Waals surface area contributed by atoms with Gasteiger partial charge in [0.25, 0.3) is 5.56 Å². The number of carbonyl (C=O) groups is 1. The molecule has 0 bridgehead atoms. The van der Waals surface area contributed by atoms with Gasteiger partial charge < -0.3 is 9.84 Å². The summed E-state index contributed by atoms with van der Waals surface area (Å²) in [7, 11) is 0. The fraction of sp³-hybridized carbons (Fsp3) is 0.182. The number of ether oxygens (including phenoxy) is 1. The predicted octanol–water partition coefficient (Wildman–Crippen LogP) is 4.32. The summed E-state index contributed by atoms with van der Waals surface area (Å²) in [5.41, 5.74) is 2.13. The number of carboxylic acids is 1. The smallest absolute Gasteiger partial charge is 0.336 e. The van der Waals surface area contributed by atoms with Crippen LogP contribution in [0.3, 0.4) is 0 Å². The van der Waals surface area contributed by atoms with Crippen molar-refractivity contribution in [1.29, 1.82) is 0 Å². The molecule has 0 aliphatic rings. The molecule has 3 rings (SSSR count). The molecule has 150 valence electrons. The summed E-state index contributed by atoms with van der Waals surface area (Å²) in [6.07, 6.45) is 0. The van der Waals surface area contributed by atoms with E-state index in [-0.39, 0.29) is 23.5 Å². The third kappa shape index (κ3) is 4.03. The third-order valence-corrected chi connectivity index (χ3v) is 4.69. The molecular formula is C22H19F2NO4. The molecule has 5 nitrogen and oxygen atoms in total. The average Bonchev–Trinajstić information content (AvgIpc) is 2.62. The van der Waals surface area contributed by atoms with Gasteiger partial charge in [-0.3, -0.25) is 9.36 Å². The van der Waals surface area contributed by atoms with Gasteiger partial charge in [-0.15, -0.1) is 0 Å². The Bertz CT molecular complexity index is 1170. The summed E-state index contributed by atoms with van der Waals surface area (Å²) in [5, 5.41) is 9.37. The number of hydrogen-bond donors (Lipinski definition) is 1. The zero-order valence-corrected chi connectivity index (χ0v) is 16.1. The molecule has 0 unspecified atom stereocenters. The van der Waals surface area contributed by atoms with Gasteiger partial charge >= 0.3 is 5.97 Å². The number of aromatic nitrogens is 1. The Labute approximate surface area is 165 Å². The minimum absolute atomic E-state index is 0.115. The van der Waals surface area contributed by atoms with Gasteiger partial charge in [0.2, 0.25) is 0 Å². The van der Waals surface area contributed by atoms with Crippen LogP contribution in [0.15, 0.2) is 47.3 Å². The Morgan fingerprint density at radius 3 is 2.41 bits per heavy atom. The Balaban J connectivity index is 1.98. The van der Waals surface area contributed by atoms with Crippen LogP contribution in [0.5, 0.6) is 5.75 Å². The molecule has 0 fully saturated rings. The minimum Gasteiger partial charge on any atom is -0.489 e. The van der Waals surface area contributed by atoms with E-state index in [0.29, 0.717) is 16.9 Å². The Morgan fingerprint density at radius 2 is 1.79 bits per heavy atom. The van der Waals surface area contributed by atoms with Crippen LogP contribution >= 0.6 is 0 Å². The molecule has 0 aliphatic heterocycles. The van der Waals surface area contributed by atoms with Crippen molar-refractivity contribution in [1.82, 2.24) is 4.57 Å². The highest BCUT2D eigenvalue weighted by atomic mass is 19.1. The summed E-state index contributed by atoms with van der Waals surface area (Å²) in [6.45, 7) is 4.97. The molecule has 0 saturated carbocycles. The van der Waals surface area contributed by atoms with E-state index < -0.39 is 23.2 Å². The highest BCUT2D eigenvalue weighted by Crippen LogP contribution is 2.24. The molecule has 3 aromatic rings. The van der Waals surface area contributed by atoms with Crippen molar-refractivity contribution in [3.63, 3.8) is 0 Å². The quantitative estimate of drug-likeness (QED) is 0.694. The number of aryl methyl sites for hydroxylation is 2. The fourth-order valence-corrected chi connectivity index (χ4v) is 3.25. The lowest BCUT2D eigenvalue weighted by molar-refractivity contribution is 0.0696. The normalized spacial score (nSPS) is 10.8. The molecule has 7 heteroatoms. The van der Waals surface area contributed by atoms with Gasteiger partial charge in [0, 0.05) is 29.5 Å². The van der Waals surface area contributed by atoms with Crippen molar-refractivity contribution < 1.29 is 23.4 Å². The number of halogens is 2. The van der Waals surface area contributed by atoms with Crippen molar-refractivity contribution in [2.24, 2.45) is 0 Å². The number of aromatic carboxylic acids is 1. The number of benzene rings is 2. The largest absolute Gasteiger partial charge is 0.489 e. The second kappa shape index (κ2) is 7.87. The van der Waals surface area contributed by atoms with E-state index in [1.54, 1.807) is 32.9 Å². The lowest BCUT2D eigenvalue weighted by Crippen LogP contribution is -2.22. The first-order chi connectivity index (χ1) is 13.7. The first kappa shape index (κ1) is 20.3. The topological polar surface area (TPSA) is 68.5 Å². The summed E-state index contributed by atoms with van der Waals surface area (Å²) >= 11 is 0. The van der Waals surface area contributed by atoms with Crippen LogP contribution in [0.25, 0.3) is 5.69 Å². The molecule has 0 amide bonds. The van der Waals surface area contributed by atoms with Crippen LogP contribution in [0, 0.1) is 32.4 Å². The molecule has 0 aliphatic carbocycles. The first-order valence-electron chi connectivity index (χ1n) is 8.83. The second-order valence-electron chi connectivity index (χ2n) is 6.74. The van der Waals surface area contributed by atoms with E-state index >= 15 is 0 Å². The number of nitrogens with zero attached hydrogens (tertiary/aromatic N) is 1. The maximum atomic E-state index is 13.8. The van der Waals surface area contributed by atoms with Crippen molar-refractivity contribution >= 4 is 5.97 Å². The third-order valence-electron chi connectivity index (χ3n) is 4.69. The molecule has 0 radical (unpaired) electrons. The molecule has 0 atom stereocenters. The van der Waals surface area contributed by atoms with Crippen LogP contribution in [0.1, 0.15) is 32.7 Å². The van der Waals surface area contributed by atoms with Crippen molar-refractivity contribution in [3.05, 3.63) is 92.4 Å². The van der Waals surface area contributed by atoms with Gasteiger partial charge in [0.05, 0.1) is 11.3 Å². The number of rotatable bonds is 5. The van der Waals surface area contributed by atoms with Crippen LogP contribution in [-0.2, 0) is 6.61 Å². The van der Waals surface area contributed by atoms with Crippen LogP contribution in [0.4, 0.5) is 8.78 Å². The number of pyridine rings is 1. The monoisotopic (exact) mass is 399 g/mol. The second-order valence-corrected chi connectivity index (χ2v) is 6.74.